The fourth-order valence-corrected chi connectivity index (χ4v) is 8.79. The lowest BCUT2D eigenvalue weighted by Crippen LogP contribution is -2.41. The van der Waals surface area contributed by atoms with Gasteiger partial charge in [0.2, 0.25) is 10.0 Å². The summed E-state index contributed by atoms with van der Waals surface area (Å²) in [6, 6.07) is 13.1. The van der Waals surface area contributed by atoms with Crippen LogP contribution in [0.4, 0.5) is 5.69 Å². The number of hydrogen-bond donors (Lipinski definition) is 2. The maximum Gasteiger partial charge on any atom is 0.264 e. The Hall–Kier alpha value is -2.63. The fraction of sp³-hybridized carbons (Fsp3) is 0.484. The number of benzene rings is 2. The van der Waals surface area contributed by atoms with Crippen LogP contribution in [0.5, 0.6) is 0 Å². The molecule has 3 atom stereocenters. The van der Waals surface area contributed by atoms with Crippen molar-refractivity contribution in [2.45, 2.75) is 68.4 Å². The third kappa shape index (κ3) is 5.80. The molecule has 3 aromatic rings. The number of aromatic nitrogens is 2. The van der Waals surface area contributed by atoms with Gasteiger partial charge in [0.05, 0.1) is 39.4 Å². The second-order valence-electron chi connectivity index (χ2n) is 12.1. The molecule has 228 valence electrons. The minimum atomic E-state index is -3.74. The third-order valence-corrected chi connectivity index (χ3v) is 11.7. The van der Waals surface area contributed by atoms with E-state index < -0.39 is 21.2 Å². The Kier molecular flexibility index (Phi) is 7.92. The van der Waals surface area contributed by atoms with Gasteiger partial charge in [0.25, 0.3) is 5.91 Å². The summed E-state index contributed by atoms with van der Waals surface area (Å²) < 4.78 is 39.3. The maximum absolute atomic E-state index is 12.7. The smallest absolute Gasteiger partial charge is 0.264 e. The summed E-state index contributed by atoms with van der Waals surface area (Å²) in [6.45, 7) is 2.05. The van der Waals surface area contributed by atoms with E-state index in [-0.39, 0.29) is 6.10 Å². The molecule has 2 aliphatic heterocycles. The number of piperidine rings is 1. The van der Waals surface area contributed by atoms with Gasteiger partial charge in [0.1, 0.15) is 0 Å². The quantitative estimate of drug-likeness (QED) is 0.308. The number of anilines is 1. The number of ether oxygens (including phenoxy) is 2. The summed E-state index contributed by atoms with van der Waals surface area (Å²) in [4.78, 5) is 15.1. The number of hydrogen-bond acceptors (Lipinski definition) is 7. The first-order valence-electron chi connectivity index (χ1n) is 14.9. The molecular weight excluding hydrogens is 611 g/mol. The number of rotatable bonds is 9. The molecule has 3 heterocycles. The summed E-state index contributed by atoms with van der Waals surface area (Å²) in [7, 11) is -3.74. The Balaban J connectivity index is 0.979. The van der Waals surface area contributed by atoms with Gasteiger partial charge in [-0.1, -0.05) is 29.3 Å². The molecular formula is C31H34Cl2N4O5S. The first-order chi connectivity index (χ1) is 20.8. The lowest BCUT2D eigenvalue weighted by atomic mass is 10.0. The first-order valence-corrected chi connectivity index (χ1v) is 17.2. The molecule has 2 saturated heterocycles. The van der Waals surface area contributed by atoms with Crippen molar-refractivity contribution in [2.75, 3.05) is 24.7 Å². The average molecular weight is 646 g/mol. The molecule has 7 rings (SSSR count). The van der Waals surface area contributed by atoms with Crippen molar-refractivity contribution >= 4 is 44.8 Å². The predicted octanol–water partition coefficient (Wildman–Crippen LogP) is 5.68. The van der Waals surface area contributed by atoms with Crippen LogP contribution in [0.15, 0.2) is 42.5 Å². The third-order valence-electron chi connectivity index (χ3n) is 9.27. The van der Waals surface area contributed by atoms with Crippen molar-refractivity contribution in [2.24, 2.45) is 5.92 Å². The molecule has 0 radical (unpaired) electrons. The molecule has 4 aliphatic rings. The van der Waals surface area contributed by atoms with Crippen molar-refractivity contribution in [3.63, 3.8) is 0 Å². The average Bonchev–Trinajstić information content (AvgIpc) is 3.45. The highest BCUT2D eigenvalue weighted by Crippen LogP contribution is 2.48. The Morgan fingerprint density at radius 2 is 1.74 bits per heavy atom. The van der Waals surface area contributed by atoms with E-state index >= 15 is 0 Å². The van der Waals surface area contributed by atoms with Crippen molar-refractivity contribution in [1.82, 2.24) is 14.9 Å². The molecule has 1 amide bonds. The summed E-state index contributed by atoms with van der Waals surface area (Å²) in [6.07, 6.45) is 5.09. The van der Waals surface area contributed by atoms with E-state index in [9.17, 15) is 13.2 Å². The zero-order valence-electron chi connectivity index (χ0n) is 23.6. The molecule has 9 nitrogen and oxygen atoms in total. The molecule has 2 aliphatic carbocycles. The minimum Gasteiger partial charge on any atom is -0.381 e. The molecule has 2 aromatic carbocycles. The van der Waals surface area contributed by atoms with Crippen LogP contribution >= 0.6 is 23.2 Å². The summed E-state index contributed by atoms with van der Waals surface area (Å²) in [5, 5.41) is 8.48. The SMILES string of the molecule is O=C(NS(=O)(=O)C1CCOCC1)c1ccc(N2C[C@@H]3C[C@H]2C[C@H]3OCc2[nH]nc(C3CC3)c2-c2c(Cl)cccc2Cl)cc1. The van der Waals surface area contributed by atoms with Gasteiger partial charge in [0.15, 0.2) is 0 Å². The van der Waals surface area contributed by atoms with Crippen LogP contribution in [0.25, 0.3) is 11.1 Å². The molecule has 0 unspecified atom stereocenters. The van der Waals surface area contributed by atoms with Crippen LogP contribution in [0.3, 0.4) is 0 Å². The Morgan fingerprint density at radius 1 is 1.02 bits per heavy atom. The highest BCUT2D eigenvalue weighted by molar-refractivity contribution is 7.90. The highest BCUT2D eigenvalue weighted by Gasteiger charge is 2.45. The van der Waals surface area contributed by atoms with Crippen LogP contribution in [-0.4, -0.2) is 61.7 Å². The molecule has 43 heavy (non-hydrogen) atoms. The van der Waals surface area contributed by atoms with Gasteiger partial charge in [-0.3, -0.25) is 9.89 Å². The Labute approximate surface area is 261 Å². The van der Waals surface area contributed by atoms with E-state index in [1.165, 1.54) is 0 Å². The van der Waals surface area contributed by atoms with E-state index in [0.29, 0.717) is 66.1 Å². The topological polar surface area (TPSA) is 114 Å². The molecule has 0 spiro atoms. The Morgan fingerprint density at radius 3 is 2.40 bits per heavy atom. The number of halogens is 2. The highest BCUT2D eigenvalue weighted by atomic mass is 35.5. The zero-order chi connectivity index (χ0) is 29.7. The largest absolute Gasteiger partial charge is 0.381 e. The summed E-state index contributed by atoms with van der Waals surface area (Å²) in [5.74, 6) is 0.212. The van der Waals surface area contributed by atoms with E-state index in [4.69, 9.17) is 32.7 Å². The van der Waals surface area contributed by atoms with Crippen molar-refractivity contribution in [3.05, 3.63) is 69.5 Å². The van der Waals surface area contributed by atoms with Gasteiger partial charge < -0.3 is 14.4 Å². The lowest BCUT2D eigenvalue weighted by Gasteiger charge is -2.33. The van der Waals surface area contributed by atoms with Crippen LogP contribution < -0.4 is 9.62 Å². The van der Waals surface area contributed by atoms with Gasteiger partial charge in [-0.2, -0.15) is 5.10 Å². The summed E-state index contributed by atoms with van der Waals surface area (Å²) in [5.41, 5.74) is 5.07. The molecule has 1 aromatic heterocycles. The van der Waals surface area contributed by atoms with Crippen LogP contribution in [-0.2, 0) is 26.1 Å². The molecule has 2 saturated carbocycles. The van der Waals surface area contributed by atoms with E-state index in [2.05, 4.69) is 19.8 Å². The zero-order valence-corrected chi connectivity index (χ0v) is 25.9. The predicted molar refractivity (Wildman–Crippen MR) is 165 cm³/mol. The fourth-order valence-electron chi connectivity index (χ4n) is 6.85. The number of H-pyrrole nitrogens is 1. The minimum absolute atomic E-state index is 0.129. The van der Waals surface area contributed by atoms with Gasteiger partial charge in [-0.15, -0.1) is 0 Å². The number of carbonyl (C=O) groups is 1. The first kappa shape index (κ1) is 29.1. The van der Waals surface area contributed by atoms with E-state index in [1.807, 2.05) is 30.3 Å². The number of nitrogens with zero attached hydrogens (tertiary/aromatic N) is 2. The van der Waals surface area contributed by atoms with Crippen LogP contribution in [0, 0.1) is 5.92 Å². The summed E-state index contributed by atoms with van der Waals surface area (Å²) >= 11 is 13.2. The van der Waals surface area contributed by atoms with Crippen LogP contribution in [0.2, 0.25) is 10.0 Å². The van der Waals surface area contributed by atoms with Gasteiger partial charge in [-0.05, 0) is 74.9 Å². The van der Waals surface area contributed by atoms with Crippen molar-refractivity contribution in [3.8, 4) is 11.1 Å². The standard InChI is InChI=1S/C31H34Cl2N4O5S/c32-24-2-1-3-25(33)28(24)29-26(34-35-30(29)18-4-5-18)17-42-27-15-22-14-20(27)16-37(22)21-8-6-19(7-9-21)31(38)36-43(39,40)23-10-12-41-13-11-23/h1-3,6-9,18,20,22-23,27H,4-5,10-17H2,(H,34,35)(H,36,38)/t20-,22-,27+/m0/s1. The number of aromatic amines is 1. The number of carbonyl (C=O) groups excluding carboxylic acids is 1. The van der Waals surface area contributed by atoms with Gasteiger partial charge in [-0.25, -0.2) is 13.1 Å². The van der Waals surface area contributed by atoms with Gasteiger partial charge in [0, 0.05) is 60.0 Å². The van der Waals surface area contributed by atoms with Crippen LogP contribution in [0.1, 0.15) is 66.2 Å². The second kappa shape index (κ2) is 11.7. The monoisotopic (exact) mass is 644 g/mol. The number of sulfonamides is 1. The lowest BCUT2D eigenvalue weighted by molar-refractivity contribution is 0.0113. The van der Waals surface area contributed by atoms with Gasteiger partial charge >= 0.3 is 0 Å². The van der Waals surface area contributed by atoms with Crippen molar-refractivity contribution in [1.29, 1.82) is 0 Å². The number of nitrogens with one attached hydrogen (secondary N) is 2. The molecule has 4 fully saturated rings. The number of amides is 1. The normalized spacial score (nSPS) is 24.0. The van der Waals surface area contributed by atoms with Crippen molar-refractivity contribution < 1.29 is 22.7 Å². The molecule has 2 N–H and O–H groups in total. The van der Waals surface area contributed by atoms with E-state index in [0.717, 1.165) is 60.4 Å². The Bertz CT molecular complexity index is 1600. The maximum atomic E-state index is 12.7. The molecule has 2 bridgehead atoms. The van der Waals surface area contributed by atoms with E-state index in [1.54, 1.807) is 12.1 Å². The second-order valence-corrected chi connectivity index (χ2v) is 14.8. The molecule has 12 heteroatoms. The number of fused-ring (bicyclic) bond motifs is 2.